The van der Waals surface area contributed by atoms with Gasteiger partial charge in [-0.25, -0.2) is 13.1 Å². The van der Waals surface area contributed by atoms with Crippen molar-refractivity contribution in [3.63, 3.8) is 0 Å². The van der Waals surface area contributed by atoms with Gasteiger partial charge in [0.2, 0.25) is 10.0 Å². The van der Waals surface area contributed by atoms with E-state index in [0.29, 0.717) is 5.92 Å². The highest BCUT2D eigenvalue weighted by Gasteiger charge is 2.50. The molecule has 2 fully saturated rings. The fourth-order valence-corrected chi connectivity index (χ4v) is 3.88. The summed E-state index contributed by atoms with van der Waals surface area (Å²) in [4.78, 5) is 0. The monoisotopic (exact) mass is 246 g/mol. The molecule has 5 heteroatoms. The molecule has 2 rings (SSSR count). The second kappa shape index (κ2) is 4.27. The minimum atomic E-state index is -3.11. The van der Waals surface area contributed by atoms with Gasteiger partial charge < -0.3 is 5.32 Å². The molecule has 1 heterocycles. The van der Waals surface area contributed by atoms with Crippen LogP contribution in [0.4, 0.5) is 0 Å². The van der Waals surface area contributed by atoms with Crippen molar-refractivity contribution in [2.24, 2.45) is 5.92 Å². The van der Waals surface area contributed by atoms with Crippen LogP contribution in [0.5, 0.6) is 0 Å². The molecule has 0 radical (unpaired) electrons. The second-order valence-corrected chi connectivity index (χ2v) is 7.68. The van der Waals surface area contributed by atoms with Gasteiger partial charge in [-0.3, -0.25) is 0 Å². The summed E-state index contributed by atoms with van der Waals surface area (Å²) in [5, 5.41) is 3.30. The van der Waals surface area contributed by atoms with E-state index >= 15 is 0 Å². The van der Waals surface area contributed by atoms with Crippen molar-refractivity contribution in [3.8, 4) is 0 Å². The van der Waals surface area contributed by atoms with Crippen LogP contribution in [0.15, 0.2) is 0 Å². The van der Waals surface area contributed by atoms with Gasteiger partial charge in [0.1, 0.15) is 0 Å². The Labute approximate surface area is 98.2 Å². The molecule has 0 aromatic rings. The molecule has 1 atom stereocenters. The first-order valence-corrected chi connectivity index (χ1v) is 7.65. The topological polar surface area (TPSA) is 58.2 Å². The SMILES string of the molecule is C[C@@H](NS(=O)(=O)C1(C)CC1)C1CCNCC1. The van der Waals surface area contributed by atoms with Crippen LogP contribution < -0.4 is 10.0 Å². The number of piperidine rings is 1. The highest BCUT2D eigenvalue weighted by molar-refractivity contribution is 7.91. The van der Waals surface area contributed by atoms with Gasteiger partial charge in [0.15, 0.2) is 0 Å². The maximum Gasteiger partial charge on any atom is 0.217 e. The predicted octanol–water partition coefficient (Wildman–Crippen LogP) is 0.846. The zero-order valence-corrected chi connectivity index (χ0v) is 10.9. The van der Waals surface area contributed by atoms with Crippen molar-refractivity contribution in [1.82, 2.24) is 10.0 Å². The molecule has 1 saturated heterocycles. The van der Waals surface area contributed by atoms with E-state index in [9.17, 15) is 8.42 Å². The molecular formula is C11H22N2O2S. The summed E-state index contributed by atoms with van der Waals surface area (Å²) >= 11 is 0. The summed E-state index contributed by atoms with van der Waals surface area (Å²) in [6, 6.07) is 0.0736. The first kappa shape index (κ1) is 12.3. The Balaban J connectivity index is 1.93. The Morgan fingerprint density at radius 2 is 1.88 bits per heavy atom. The Kier molecular flexibility index (Phi) is 3.29. The van der Waals surface area contributed by atoms with Gasteiger partial charge in [-0.15, -0.1) is 0 Å². The summed E-state index contributed by atoms with van der Waals surface area (Å²) in [6.07, 6.45) is 3.75. The van der Waals surface area contributed by atoms with Crippen molar-refractivity contribution in [2.45, 2.75) is 50.3 Å². The van der Waals surface area contributed by atoms with Gasteiger partial charge in [0, 0.05) is 6.04 Å². The van der Waals surface area contributed by atoms with E-state index in [1.165, 1.54) is 0 Å². The lowest BCUT2D eigenvalue weighted by atomic mass is 9.92. The predicted molar refractivity (Wildman–Crippen MR) is 64.8 cm³/mol. The molecule has 1 aliphatic carbocycles. The molecule has 16 heavy (non-hydrogen) atoms. The van der Waals surface area contributed by atoms with E-state index in [-0.39, 0.29) is 6.04 Å². The van der Waals surface area contributed by atoms with Crippen LogP contribution in [0, 0.1) is 5.92 Å². The standard InChI is InChI=1S/C11H22N2O2S/c1-9(10-3-7-12-8-4-10)13-16(14,15)11(2)5-6-11/h9-10,12-13H,3-8H2,1-2H3/t9-/m1/s1. The summed E-state index contributed by atoms with van der Waals surface area (Å²) < 4.78 is 26.5. The maximum atomic E-state index is 12.0. The molecule has 4 nitrogen and oxygen atoms in total. The van der Waals surface area contributed by atoms with E-state index in [1.54, 1.807) is 0 Å². The molecule has 0 unspecified atom stereocenters. The molecule has 2 N–H and O–H groups in total. The van der Waals surface area contributed by atoms with Gasteiger partial charge in [0.05, 0.1) is 4.75 Å². The molecule has 1 aliphatic heterocycles. The summed E-state index contributed by atoms with van der Waals surface area (Å²) in [5.74, 6) is 0.485. The van der Waals surface area contributed by atoms with Gasteiger partial charge in [-0.1, -0.05) is 0 Å². The molecule has 0 bridgehead atoms. The summed E-state index contributed by atoms with van der Waals surface area (Å²) in [5.41, 5.74) is 0. The molecular weight excluding hydrogens is 224 g/mol. The number of rotatable bonds is 4. The number of hydrogen-bond donors (Lipinski definition) is 2. The molecule has 0 spiro atoms. The van der Waals surface area contributed by atoms with Crippen molar-refractivity contribution in [3.05, 3.63) is 0 Å². The second-order valence-electron chi connectivity index (χ2n) is 5.45. The van der Waals surface area contributed by atoms with Crippen molar-refractivity contribution in [1.29, 1.82) is 0 Å². The molecule has 0 aromatic heterocycles. The molecule has 2 aliphatic rings. The van der Waals surface area contributed by atoms with E-state index < -0.39 is 14.8 Å². The third-order valence-electron chi connectivity index (χ3n) is 4.03. The fourth-order valence-electron chi connectivity index (χ4n) is 2.27. The van der Waals surface area contributed by atoms with Gasteiger partial charge in [0.25, 0.3) is 0 Å². The fraction of sp³-hybridized carbons (Fsp3) is 1.00. The Bertz CT molecular complexity index is 343. The Morgan fingerprint density at radius 3 is 2.38 bits per heavy atom. The smallest absolute Gasteiger partial charge is 0.217 e. The number of sulfonamides is 1. The van der Waals surface area contributed by atoms with Crippen LogP contribution in [0.25, 0.3) is 0 Å². The molecule has 1 saturated carbocycles. The van der Waals surface area contributed by atoms with Crippen molar-refractivity contribution < 1.29 is 8.42 Å². The summed E-state index contributed by atoms with van der Waals surface area (Å²) in [6.45, 7) is 5.85. The minimum Gasteiger partial charge on any atom is -0.317 e. The van der Waals surface area contributed by atoms with E-state index in [4.69, 9.17) is 0 Å². The zero-order valence-electron chi connectivity index (χ0n) is 10.1. The maximum absolute atomic E-state index is 12.0. The van der Waals surface area contributed by atoms with Crippen LogP contribution in [0.1, 0.15) is 39.5 Å². The highest BCUT2D eigenvalue weighted by Crippen LogP contribution is 2.42. The summed E-state index contributed by atoms with van der Waals surface area (Å²) in [7, 11) is -3.11. The first-order valence-electron chi connectivity index (χ1n) is 6.17. The van der Waals surface area contributed by atoms with Crippen molar-refractivity contribution in [2.75, 3.05) is 13.1 Å². The normalized spacial score (nSPS) is 27.6. The third-order valence-corrected chi connectivity index (χ3v) is 6.42. The minimum absolute atomic E-state index is 0.0736. The van der Waals surface area contributed by atoms with Crippen LogP contribution >= 0.6 is 0 Å². The molecule has 0 amide bonds. The van der Waals surface area contributed by atoms with E-state index in [2.05, 4.69) is 10.0 Å². The van der Waals surface area contributed by atoms with Crippen LogP contribution in [0.2, 0.25) is 0 Å². The quantitative estimate of drug-likeness (QED) is 0.773. The largest absolute Gasteiger partial charge is 0.317 e. The van der Waals surface area contributed by atoms with Crippen LogP contribution in [-0.4, -0.2) is 32.3 Å². The number of nitrogens with one attached hydrogen (secondary N) is 2. The Hall–Kier alpha value is -0.130. The third kappa shape index (κ3) is 2.41. The zero-order chi connectivity index (χ0) is 11.8. The lowest BCUT2D eigenvalue weighted by Crippen LogP contribution is -2.45. The van der Waals surface area contributed by atoms with Gasteiger partial charge >= 0.3 is 0 Å². The van der Waals surface area contributed by atoms with Crippen LogP contribution in [0.3, 0.4) is 0 Å². The first-order chi connectivity index (χ1) is 7.45. The number of hydrogen-bond acceptors (Lipinski definition) is 3. The molecule has 94 valence electrons. The lowest BCUT2D eigenvalue weighted by molar-refractivity contribution is 0.315. The Morgan fingerprint density at radius 1 is 1.31 bits per heavy atom. The average molecular weight is 246 g/mol. The lowest BCUT2D eigenvalue weighted by Gasteiger charge is -2.29. The highest BCUT2D eigenvalue weighted by atomic mass is 32.2. The van der Waals surface area contributed by atoms with Crippen molar-refractivity contribution >= 4 is 10.0 Å². The van der Waals surface area contributed by atoms with Gasteiger partial charge in [-0.2, -0.15) is 0 Å². The van der Waals surface area contributed by atoms with E-state index in [1.807, 2.05) is 13.8 Å². The van der Waals surface area contributed by atoms with Crippen LogP contribution in [-0.2, 0) is 10.0 Å². The average Bonchev–Trinajstić information content (AvgIpc) is 2.99. The molecule has 0 aromatic carbocycles. The van der Waals surface area contributed by atoms with E-state index in [0.717, 1.165) is 38.8 Å². The van der Waals surface area contributed by atoms with Gasteiger partial charge in [-0.05, 0) is 58.5 Å².